The van der Waals surface area contributed by atoms with Gasteiger partial charge < -0.3 is 9.64 Å². The number of ether oxygens (including phenoxy) is 1. The zero-order chi connectivity index (χ0) is 20.6. The first-order chi connectivity index (χ1) is 13.8. The van der Waals surface area contributed by atoms with Crippen LogP contribution in [0.2, 0.25) is 0 Å². The minimum absolute atomic E-state index is 0.185. The van der Waals surface area contributed by atoms with E-state index in [-0.39, 0.29) is 28.9 Å². The zero-order valence-electron chi connectivity index (χ0n) is 17.8. The minimum atomic E-state index is -0.372. The molecule has 0 N–H and O–H groups in total. The average Bonchev–Trinajstić information content (AvgIpc) is 3.03. The van der Waals surface area contributed by atoms with E-state index in [1.165, 1.54) is 6.42 Å². The standard InChI is InChI=1S/C22H32N4O3/c1-21(2,3)19(27)25-11-7-8-16(14-25)17-12-24-18(13-23-17)26-15-22(29-20(26)28)9-5-4-6-10-22/h12-13,16H,4-11,14-15H2,1-3H3. The Labute approximate surface area is 172 Å². The van der Waals surface area contributed by atoms with Gasteiger partial charge in [-0.3, -0.25) is 14.7 Å². The van der Waals surface area contributed by atoms with Gasteiger partial charge in [-0.1, -0.05) is 27.2 Å². The van der Waals surface area contributed by atoms with E-state index in [4.69, 9.17) is 4.74 Å². The molecule has 0 aromatic carbocycles. The minimum Gasteiger partial charge on any atom is -0.441 e. The molecule has 2 saturated heterocycles. The predicted octanol–water partition coefficient (Wildman–Crippen LogP) is 3.89. The molecule has 3 fully saturated rings. The molecule has 1 aromatic rings. The molecule has 1 unspecified atom stereocenters. The first-order valence-corrected chi connectivity index (χ1v) is 10.9. The van der Waals surface area contributed by atoms with Crippen LogP contribution in [0.3, 0.4) is 0 Å². The summed E-state index contributed by atoms with van der Waals surface area (Å²) in [7, 11) is 0. The Balaban J connectivity index is 1.44. The van der Waals surface area contributed by atoms with Crippen LogP contribution in [0, 0.1) is 5.41 Å². The number of anilines is 1. The Morgan fingerprint density at radius 3 is 2.55 bits per heavy atom. The molecule has 1 aliphatic carbocycles. The summed E-state index contributed by atoms with van der Waals surface area (Å²) in [6.45, 7) is 7.93. The van der Waals surface area contributed by atoms with Gasteiger partial charge in [-0.15, -0.1) is 0 Å². The molecule has 1 aromatic heterocycles. The van der Waals surface area contributed by atoms with E-state index < -0.39 is 0 Å². The van der Waals surface area contributed by atoms with Crippen LogP contribution in [0.1, 0.15) is 77.3 Å². The van der Waals surface area contributed by atoms with Crippen LogP contribution in [0.25, 0.3) is 0 Å². The molecule has 3 heterocycles. The molecule has 2 aliphatic heterocycles. The Morgan fingerprint density at radius 1 is 1.14 bits per heavy atom. The Bertz CT molecular complexity index is 765. The number of aromatic nitrogens is 2. The van der Waals surface area contributed by atoms with Crippen molar-refractivity contribution >= 4 is 17.8 Å². The number of nitrogens with zero attached hydrogens (tertiary/aromatic N) is 4. The van der Waals surface area contributed by atoms with Crippen LogP contribution < -0.4 is 4.90 Å². The van der Waals surface area contributed by atoms with Gasteiger partial charge >= 0.3 is 6.09 Å². The fourth-order valence-corrected chi connectivity index (χ4v) is 4.81. The number of piperidine rings is 1. The van der Waals surface area contributed by atoms with Crippen LogP contribution in [0.4, 0.5) is 10.6 Å². The van der Waals surface area contributed by atoms with Crippen LogP contribution in [0.15, 0.2) is 12.4 Å². The van der Waals surface area contributed by atoms with Crippen molar-refractivity contribution in [2.24, 2.45) is 5.41 Å². The third kappa shape index (κ3) is 4.09. The monoisotopic (exact) mass is 400 g/mol. The second-order valence-corrected chi connectivity index (χ2v) is 9.84. The van der Waals surface area contributed by atoms with E-state index in [9.17, 15) is 9.59 Å². The van der Waals surface area contributed by atoms with E-state index in [1.54, 1.807) is 17.3 Å². The number of likely N-dealkylation sites (tertiary alicyclic amines) is 1. The van der Waals surface area contributed by atoms with Crippen LogP contribution >= 0.6 is 0 Å². The third-order valence-electron chi connectivity index (χ3n) is 6.44. The first-order valence-electron chi connectivity index (χ1n) is 10.9. The van der Waals surface area contributed by atoms with E-state index >= 15 is 0 Å². The topological polar surface area (TPSA) is 75.6 Å². The predicted molar refractivity (Wildman–Crippen MR) is 110 cm³/mol. The number of carbonyl (C=O) groups excluding carboxylic acids is 2. The molecule has 0 radical (unpaired) electrons. The van der Waals surface area contributed by atoms with Crippen molar-refractivity contribution in [3.63, 3.8) is 0 Å². The van der Waals surface area contributed by atoms with Crippen molar-refractivity contribution in [3.8, 4) is 0 Å². The van der Waals surface area contributed by atoms with E-state index in [2.05, 4.69) is 9.97 Å². The number of amides is 2. The molecule has 7 nitrogen and oxygen atoms in total. The molecular weight excluding hydrogens is 368 g/mol. The maximum Gasteiger partial charge on any atom is 0.416 e. The summed E-state index contributed by atoms with van der Waals surface area (Å²) in [6.07, 6.45) is 10.4. The highest BCUT2D eigenvalue weighted by Gasteiger charge is 2.46. The zero-order valence-corrected chi connectivity index (χ0v) is 17.8. The second-order valence-electron chi connectivity index (χ2n) is 9.84. The van der Waals surface area contributed by atoms with E-state index in [0.717, 1.165) is 50.8 Å². The fraction of sp³-hybridized carbons (Fsp3) is 0.727. The quantitative estimate of drug-likeness (QED) is 0.753. The highest BCUT2D eigenvalue weighted by molar-refractivity contribution is 5.89. The van der Waals surface area contributed by atoms with Crippen LogP contribution in [-0.2, 0) is 9.53 Å². The molecule has 1 spiro atoms. The number of hydrogen-bond donors (Lipinski definition) is 0. The Morgan fingerprint density at radius 2 is 1.90 bits per heavy atom. The van der Waals surface area contributed by atoms with Crippen molar-refractivity contribution in [1.29, 1.82) is 0 Å². The van der Waals surface area contributed by atoms with Crippen LogP contribution in [-0.4, -0.2) is 52.1 Å². The maximum absolute atomic E-state index is 12.6. The SMILES string of the molecule is CC(C)(C)C(=O)N1CCCC(c2cnc(N3CC4(CCCCC4)OC3=O)cn2)C1. The first kappa shape index (κ1) is 20.1. The lowest BCUT2D eigenvalue weighted by Crippen LogP contribution is -2.44. The Hall–Kier alpha value is -2.18. The normalized spacial score (nSPS) is 24.7. The van der Waals surface area contributed by atoms with E-state index in [0.29, 0.717) is 18.9 Å². The summed E-state index contributed by atoms with van der Waals surface area (Å²) in [5.74, 6) is 0.927. The molecular formula is C22H32N4O3. The van der Waals surface area contributed by atoms with E-state index in [1.807, 2.05) is 25.7 Å². The fourth-order valence-electron chi connectivity index (χ4n) is 4.81. The van der Waals surface area contributed by atoms with Gasteiger partial charge in [-0.25, -0.2) is 9.78 Å². The molecule has 158 valence electrons. The van der Waals surface area contributed by atoms with Gasteiger partial charge in [0.15, 0.2) is 5.82 Å². The van der Waals surface area contributed by atoms with Crippen molar-refractivity contribution < 1.29 is 14.3 Å². The molecule has 2 amide bonds. The summed E-state index contributed by atoms with van der Waals surface area (Å²) in [5.41, 5.74) is 0.176. The lowest BCUT2D eigenvalue weighted by molar-refractivity contribution is -0.140. The number of rotatable bonds is 2. The molecule has 3 aliphatic rings. The third-order valence-corrected chi connectivity index (χ3v) is 6.44. The largest absolute Gasteiger partial charge is 0.441 e. The van der Waals surface area contributed by atoms with Gasteiger partial charge in [0.1, 0.15) is 5.60 Å². The van der Waals surface area contributed by atoms with Gasteiger partial charge in [0, 0.05) is 24.4 Å². The van der Waals surface area contributed by atoms with Gasteiger partial charge in [-0.2, -0.15) is 0 Å². The molecule has 7 heteroatoms. The van der Waals surface area contributed by atoms with Gasteiger partial charge in [0.25, 0.3) is 0 Å². The van der Waals surface area contributed by atoms with Crippen molar-refractivity contribution in [2.45, 2.75) is 77.2 Å². The van der Waals surface area contributed by atoms with Crippen molar-refractivity contribution in [1.82, 2.24) is 14.9 Å². The number of carbonyl (C=O) groups is 2. The summed E-state index contributed by atoms with van der Waals surface area (Å²) >= 11 is 0. The lowest BCUT2D eigenvalue weighted by atomic mass is 9.85. The molecule has 1 saturated carbocycles. The average molecular weight is 401 g/mol. The summed E-state index contributed by atoms with van der Waals surface area (Å²) in [4.78, 5) is 37.8. The molecule has 4 rings (SSSR count). The van der Waals surface area contributed by atoms with Gasteiger partial charge in [-0.05, 0) is 38.5 Å². The number of hydrogen-bond acceptors (Lipinski definition) is 5. The highest BCUT2D eigenvalue weighted by Crippen LogP contribution is 2.38. The van der Waals surface area contributed by atoms with Crippen molar-refractivity contribution in [3.05, 3.63) is 18.1 Å². The molecule has 0 bridgehead atoms. The summed E-state index contributed by atoms with van der Waals surface area (Å²) in [5, 5.41) is 0. The van der Waals surface area contributed by atoms with Crippen molar-refractivity contribution in [2.75, 3.05) is 24.5 Å². The smallest absolute Gasteiger partial charge is 0.416 e. The molecule has 1 atom stereocenters. The summed E-state index contributed by atoms with van der Waals surface area (Å²) < 4.78 is 5.75. The second kappa shape index (κ2) is 7.58. The maximum atomic E-state index is 12.6. The summed E-state index contributed by atoms with van der Waals surface area (Å²) in [6, 6.07) is 0. The lowest BCUT2D eigenvalue weighted by Gasteiger charge is -2.36. The van der Waals surface area contributed by atoms with Gasteiger partial charge in [0.05, 0.1) is 24.6 Å². The van der Waals surface area contributed by atoms with Gasteiger partial charge in [0.2, 0.25) is 5.91 Å². The highest BCUT2D eigenvalue weighted by atomic mass is 16.6. The Kier molecular flexibility index (Phi) is 5.25. The van der Waals surface area contributed by atoms with Crippen LogP contribution in [0.5, 0.6) is 0 Å². The molecule has 29 heavy (non-hydrogen) atoms.